The summed E-state index contributed by atoms with van der Waals surface area (Å²) in [5.41, 5.74) is 0.841. The monoisotopic (exact) mass is 344 g/mol. The Morgan fingerprint density at radius 1 is 1.00 bits per heavy atom. The van der Waals surface area contributed by atoms with E-state index in [1.165, 1.54) is 6.92 Å². The van der Waals surface area contributed by atoms with Crippen LogP contribution < -0.4 is 0 Å². The fraction of sp³-hybridized carbons (Fsp3) is 0.263. The highest BCUT2D eigenvalue weighted by Crippen LogP contribution is 2.27. The molecule has 0 saturated carbocycles. The van der Waals surface area contributed by atoms with Crippen LogP contribution in [0.2, 0.25) is 0 Å². The largest absolute Gasteiger partial charge is 0.339 e. The van der Waals surface area contributed by atoms with Crippen LogP contribution in [0.5, 0.6) is 0 Å². The predicted molar refractivity (Wildman–Crippen MR) is 88.8 cm³/mol. The van der Waals surface area contributed by atoms with Crippen LogP contribution in [0.3, 0.4) is 0 Å². The van der Waals surface area contributed by atoms with Crippen molar-refractivity contribution in [3.63, 3.8) is 0 Å². The molecule has 1 aliphatic heterocycles. The van der Waals surface area contributed by atoms with Gasteiger partial charge in [0, 0.05) is 38.2 Å². The van der Waals surface area contributed by atoms with Crippen molar-refractivity contribution in [2.24, 2.45) is 0 Å². The molecular formula is C19H18F2N2O2. The zero-order valence-electron chi connectivity index (χ0n) is 13.8. The Bertz CT molecular complexity index is 775. The summed E-state index contributed by atoms with van der Waals surface area (Å²) < 4.78 is 27.0. The van der Waals surface area contributed by atoms with Gasteiger partial charge in [-0.3, -0.25) is 9.59 Å². The van der Waals surface area contributed by atoms with Crippen molar-refractivity contribution in [3.05, 3.63) is 71.3 Å². The van der Waals surface area contributed by atoms with Crippen LogP contribution >= 0.6 is 0 Å². The molecule has 0 bridgehead atoms. The van der Waals surface area contributed by atoms with Crippen LogP contribution in [0.25, 0.3) is 0 Å². The topological polar surface area (TPSA) is 40.6 Å². The fourth-order valence-corrected chi connectivity index (χ4v) is 3.12. The molecule has 130 valence electrons. The first-order valence-electron chi connectivity index (χ1n) is 8.03. The zero-order chi connectivity index (χ0) is 18.0. The summed E-state index contributed by atoms with van der Waals surface area (Å²) >= 11 is 0. The minimum Gasteiger partial charge on any atom is -0.339 e. The maximum atomic E-state index is 13.5. The van der Waals surface area contributed by atoms with Gasteiger partial charge in [-0.2, -0.15) is 0 Å². The van der Waals surface area contributed by atoms with Crippen molar-refractivity contribution >= 4 is 11.8 Å². The molecule has 6 heteroatoms. The molecule has 1 atom stereocenters. The first-order chi connectivity index (χ1) is 12.0. The van der Waals surface area contributed by atoms with Crippen molar-refractivity contribution in [3.8, 4) is 0 Å². The van der Waals surface area contributed by atoms with E-state index in [1.54, 1.807) is 9.80 Å². The van der Waals surface area contributed by atoms with Crippen LogP contribution in [0.1, 0.15) is 28.9 Å². The minimum atomic E-state index is -0.790. The molecule has 1 aliphatic rings. The van der Waals surface area contributed by atoms with Crippen LogP contribution in [0.4, 0.5) is 8.78 Å². The number of rotatable bonds is 2. The number of hydrogen-bond acceptors (Lipinski definition) is 2. The van der Waals surface area contributed by atoms with Gasteiger partial charge in [-0.05, 0) is 17.7 Å². The van der Waals surface area contributed by atoms with E-state index >= 15 is 0 Å². The van der Waals surface area contributed by atoms with Crippen molar-refractivity contribution < 1.29 is 18.4 Å². The molecule has 1 heterocycles. The van der Waals surface area contributed by atoms with Crippen molar-refractivity contribution in [2.75, 3.05) is 19.6 Å². The predicted octanol–water partition coefficient (Wildman–Crippen LogP) is 3.01. The third-order valence-electron chi connectivity index (χ3n) is 4.38. The summed E-state index contributed by atoms with van der Waals surface area (Å²) in [7, 11) is 0. The first-order valence-corrected chi connectivity index (χ1v) is 8.03. The lowest BCUT2D eigenvalue weighted by Crippen LogP contribution is -2.51. The summed E-state index contributed by atoms with van der Waals surface area (Å²) in [4.78, 5) is 27.8. The Kier molecular flexibility index (Phi) is 4.79. The van der Waals surface area contributed by atoms with Crippen molar-refractivity contribution in [2.45, 2.75) is 13.0 Å². The molecule has 2 aromatic carbocycles. The minimum absolute atomic E-state index is 0.0327. The average Bonchev–Trinajstić information content (AvgIpc) is 2.60. The lowest BCUT2D eigenvalue weighted by molar-refractivity contribution is -0.131. The van der Waals surface area contributed by atoms with Gasteiger partial charge in [0.15, 0.2) is 0 Å². The van der Waals surface area contributed by atoms with E-state index in [4.69, 9.17) is 0 Å². The standard InChI is InChI=1S/C19H18F2N2O2/c1-13(24)22-7-8-23(18(12-22)14-5-3-2-4-6-14)19(25)15-9-16(20)11-17(21)10-15/h2-6,9-11,18H,7-8,12H2,1H3/t18-/m1/s1. The van der Waals surface area contributed by atoms with Gasteiger partial charge in [0.1, 0.15) is 11.6 Å². The van der Waals surface area contributed by atoms with Gasteiger partial charge in [0.25, 0.3) is 5.91 Å². The molecule has 2 amide bonds. The molecule has 0 spiro atoms. The second-order valence-corrected chi connectivity index (χ2v) is 6.05. The van der Waals surface area contributed by atoms with Gasteiger partial charge in [-0.15, -0.1) is 0 Å². The van der Waals surface area contributed by atoms with E-state index in [1.807, 2.05) is 30.3 Å². The molecule has 25 heavy (non-hydrogen) atoms. The lowest BCUT2D eigenvalue weighted by Gasteiger charge is -2.41. The molecule has 1 fully saturated rings. The fourth-order valence-electron chi connectivity index (χ4n) is 3.12. The lowest BCUT2D eigenvalue weighted by atomic mass is 10.0. The van der Waals surface area contributed by atoms with Crippen LogP contribution in [0.15, 0.2) is 48.5 Å². The molecule has 4 nitrogen and oxygen atoms in total. The highest BCUT2D eigenvalue weighted by molar-refractivity contribution is 5.94. The molecule has 0 aromatic heterocycles. The normalized spacial score (nSPS) is 17.5. The number of carbonyl (C=O) groups excluding carboxylic acids is 2. The third-order valence-corrected chi connectivity index (χ3v) is 4.38. The Balaban J connectivity index is 1.94. The molecular weight excluding hydrogens is 326 g/mol. The summed E-state index contributed by atoms with van der Waals surface area (Å²) in [6.07, 6.45) is 0. The number of halogens is 2. The Morgan fingerprint density at radius 2 is 1.64 bits per heavy atom. The van der Waals surface area contributed by atoms with Gasteiger partial charge in [-0.1, -0.05) is 30.3 Å². The summed E-state index contributed by atoms with van der Waals surface area (Å²) in [6, 6.07) is 11.8. The van der Waals surface area contributed by atoms with Crippen LogP contribution in [0, 0.1) is 11.6 Å². The third kappa shape index (κ3) is 3.68. The van der Waals surface area contributed by atoms with E-state index in [0.29, 0.717) is 19.6 Å². The molecule has 0 unspecified atom stereocenters. The molecule has 0 aliphatic carbocycles. The number of carbonyl (C=O) groups is 2. The summed E-state index contributed by atoms with van der Waals surface area (Å²) in [5, 5.41) is 0. The SMILES string of the molecule is CC(=O)N1CCN(C(=O)c2cc(F)cc(F)c2)[C@@H](c2ccccc2)C1. The van der Waals surface area contributed by atoms with Gasteiger partial charge in [-0.25, -0.2) is 8.78 Å². The second-order valence-electron chi connectivity index (χ2n) is 6.05. The summed E-state index contributed by atoms with van der Waals surface area (Å²) in [5.74, 6) is -2.09. The highest BCUT2D eigenvalue weighted by Gasteiger charge is 2.33. The molecule has 0 radical (unpaired) electrons. The van der Waals surface area contributed by atoms with Crippen molar-refractivity contribution in [1.82, 2.24) is 9.80 Å². The number of hydrogen-bond donors (Lipinski definition) is 0. The Hall–Kier alpha value is -2.76. The summed E-state index contributed by atoms with van der Waals surface area (Å²) in [6.45, 7) is 2.53. The maximum Gasteiger partial charge on any atom is 0.254 e. The van der Waals surface area contributed by atoms with Crippen LogP contribution in [-0.4, -0.2) is 41.2 Å². The molecule has 3 rings (SSSR count). The van der Waals surface area contributed by atoms with E-state index in [0.717, 1.165) is 23.8 Å². The average molecular weight is 344 g/mol. The second kappa shape index (κ2) is 7.01. The van der Waals surface area contributed by atoms with E-state index < -0.39 is 17.5 Å². The van der Waals surface area contributed by atoms with E-state index in [9.17, 15) is 18.4 Å². The quantitative estimate of drug-likeness (QED) is 0.840. The number of benzene rings is 2. The Morgan fingerprint density at radius 3 is 2.24 bits per heavy atom. The van der Waals surface area contributed by atoms with Gasteiger partial charge < -0.3 is 9.80 Å². The number of piperazine rings is 1. The molecule has 1 saturated heterocycles. The Labute approximate surface area is 144 Å². The highest BCUT2D eigenvalue weighted by atomic mass is 19.1. The van der Waals surface area contributed by atoms with Gasteiger partial charge >= 0.3 is 0 Å². The number of amides is 2. The maximum absolute atomic E-state index is 13.5. The molecule has 2 aromatic rings. The van der Waals surface area contributed by atoms with Crippen LogP contribution in [-0.2, 0) is 4.79 Å². The first kappa shape index (κ1) is 17.1. The van der Waals surface area contributed by atoms with Gasteiger partial charge in [0.05, 0.1) is 6.04 Å². The van der Waals surface area contributed by atoms with E-state index in [-0.39, 0.29) is 17.5 Å². The molecule has 0 N–H and O–H groups in total. The smallest absolute Gasteiger partial charge is 0.254 e. The zero-order valence-corrected chi connectivity index (χ0v) is 13.8. The van der Waals surface area contributed by atoms with E-state index in [2.05, 4.69) is 0 Å². The number of nitrogens with zero attached hydrogens (tertiary/aromatic N) is 2. The van der Waals surface area contributed by atoms with Crippen molar-refractivity contribution in [1.29, 1.82) is 0 Å². The van der Waals surface area contributed by atoms with Gasteiger partial charge in [0.2, 0.25) is 5.91 Å².